The summed E-state index contributed by atoms with van der Waals surface area (Å²) < 4.78 is 0. The average molecular weight is 369 g/mol. The molecule has 4 rings (SSSR count). The number of benzene rings is 1. The summed E-state index contributed by atoms with van der Waals surface area (Å²) in [4.78, 5) is 33.2. The number of carbonyl (C=O) groups excluding carboxylic acids is 2. The molecule has 5 nitrogen and oxygen atoms in total. The van der Waals surface area contributed by atoms with Gasteiger partial charge in [-0.1, -0.05) is 30.3 Å². The van der Waals surface area contributed by atoms with E-state index in [9.17, 15) is 9.59 Å². The largest absolute Gasteiger partial charge is 0.340 e. The fourth-order valence-electron chi connectivity index (χ4n) is 3.54. The number of hydrogen-bond donors (Lipinski definition) is 0. The molecule has 0 radical (unpaired) electrons. The van der Waals surface area contributed by atoms with Crippen LogP contribution in [-0.4, -0.2) is 46.2 Å². The van der Waals surface area contributed by atoms with Crippen LogP contribution in [0.25, 0.3) is 10.6 Å². The second-order valence-electron chi connectivity index (χ2n) is 7.22. The average Bonchev–Trinajstić information content (AvgIpc) is 3.41. The number of piperidine rings is 1. The Morgan fingerprint density at radius 2 is 2.04 bits per heavy atom. The van der Waals surface area contributed by atoms with E-state index in [0.29, 0.717) is 32.0 Å². The van der Waals surface area contributed by atoms with Gasteiger partial charge in [0.05, 0.1) is 18.2 Å². The number of rotatable bonds is 5. The highest BCUT2D eigenvalue weighted by Gasteiger charge is 2.39. The first kappa shape index (κ1) is 17.2. The maximum Gasteiger partial charge on any atom is 0.227 e. The van der Waals surface area contributed by atoms with E-state index in [-0.39, 0.29) is 17.7 Å². The van der Waals surface area contributed by atoms with Gasteiger partial charge in [-0.3, -0.25) is 9.59 Å². The summed E-state index contributed by atoms with van der Waals surface area (Å²) in [5.41, 5.74) is 2.01. The van der Waals surface area contributed by atoms with E-state index in [1.165, 1.54) is 0 Å². The molecule has 0 N–H and O–H groups in total. The molecule has 1 aromatic carbocycles. The molecule has 2 aromatic rings. The van der Waals surface area contributed by atoms with Gasteiger partial charge >= 0.3 is 0 Å². The third-order valence-electron chi connectivity index (χ3n) is 5.13. The van der Waals surface area contributed by atoms with Gasteiger partial charge < -0.3 is 9.80 Å². The number of thiazole rings is 1. The maximum absolute atomic E-state index is 12.8. The van der Waals surface area contributed by atoms with Crippen molar-refractivity contribution >= 4 is 23.2 Å². The maximum atomic E-state index is 12.8. The SMILES string of the molecule is CN(Cc1csc(-c2ccccc2)n1)C(=O)[C@H]1CCC(=O)N(C2CC2)C1. The predicted molar refractivity (Wildman–Crippen MR) is 101 cm³/mol. The van der Waals surface area contributed by atoms with Crippen LogP contribution in [0, 0.1) is 5.92 Å². The van der Waals surface area contributed by atoms with Crippen molar-refractivity contribution in [2.24, 2.45) is 5.92 Å². The Hall–Kier alpha value is -2.21. The van der Waals surface area contributed by atoms with Crippen molar-refractivity contribution < 1.29 is 9.59 Å². The van der Waals surface area contributed by atoms with Crippen molar-refractivity contribution in [3.63, 3.8) is 0 Å². The number of carbonyl (C=O) groups is 2. The molecular formula is C20H23N3O2S. The highest BCUT2D eigenvalue weighted by atomic mass is 32.1. The zero-order valence-corrected chi connectivity index (χ0v) is 15.7. The van der Waals surface area contributed by atoms with E-state index in [1.54, 1.807) is 16.2 Å². The third kappa shape index (κ3) is 3.65. The van der Waals surface area contributed by atoms with Crippen molar-refractivity contribution in [2.45, 2.75) is 38.3 Å². The van der Waals surface area contributed by atoms with Crippen LogP contribution in [0.2, 0.25) is 0 Å². The second kappa shape index (κ2) is 7.19. The molecule has 2 amide bonds. The first-order chi connectivity index (χ1) is 12.6. The molecule has 136 valence electrons. The lowest BCUT2D eigenvalue weighted by Gasteiger charge is -2.33. The zero-order valence-electron chi connectivity index (χ0n) is 14.9. The molecule has 26 heavy (non-hydrogen) atoms. The van der Waals surface area contributed by atoms with E-state index in [0.717, 1.165) is 29.1 Å². The standard InChI is InChI=1S/C20H23N3O2S/c1-22(12-16-13-26-19(21-16)14-5-3-2-4-6-14)20(25)15-7-10-18(24)23(11-15)17-8-9-17/h2-6,13,15,17H,7-12H2,1H3/t15-/m0/s1. The van der Waals surface area contributed by atoms with E-state index in [4.69, 9.17) is 0 Å². The Balaban J connectivity index is 1.38. The minimum absolute atomic E-state index is 0.0782. The molecule has 0 bridgehead atoms. The number of amides is 2. The van der Waals surface area contributed by atoms with Crippen LogP contribution in [0.3, 0.4) is 0 Å². The summed E-state index contributed by atoms with van der Waals surface area (Å²) in [5.74, 6) is 0.258. The highest BCUT2D eigenvalue weighted by Crippen LogP contribution is 2.32. The number of nitrogens with zero attached hydrogens (tertiary/aromatic N) is 3. The van der Waals surface area contributed by atoms with Crippen LogP contribution in [0.1, 0.15) is 31.4 Å². The minimum Gasteiger partial charge on any atom is -0.340 e. The van der Waals surface area contributed by atoms with Crippen LogP contribution < -0.4 is 0 Å². The van der Waals surface area contributed by atoms with Crippen LogP contribution in [0.15, 0.2) is 35.7 Å². The zero-order chi connectivity index (χ0) is 18.1. The Labute approximate surface area is 157 Å². The summed E-state index contributed by atoms with van der Waals surface area (Å²) in [6, 6.07) is 10.5. The topological polar surface area (TPSA) is 53.5 Å². The van der Waals surface area contributed by atoms with Gasteiger partial charge in [0.15, 0.2) is 0 Å². The van der Waals surface area contributed by atoms with Gasteiger partial charge in [-0.2, -0.15) is 0 Å². The lowest BCUT2D eigenvalue weighted by molar-refractivity contribution is -0.143. The highest BCUT2D eigenvalue weighted by molar-refractivity contribution is 7.13. The van der Waals surface area contributed by atoms with Gasteiger partial charge in [-0.25, -0.2) is 4.98 Å². The molecular weight excluding hydrogens is 346 g/mol. The lowest BCUT2D eigenvalue weighted by Crippen LogP contribution is -2.46. The molecule has 1 atom stereocenters. The van der Waals surface area contributed by atoms with Crippen molar-refractivity contribution in [1.29, 1.82) is 0 Å². The van der Waals surface area contributed by atoms with Crippen LogP contribution in [0.4, 0.5) is 0 Å². The van der Waals surface area contributed by atoms with E-state index < -0.39 is 0 Å². The Morgan fingerprint density at radius 1 is 1.27 bits per heavy atom. The third-order valence-corrected chi connectivity index (χ3v) is 6.07. The molecule has 1 aromatic heterocycles. The van der Waals surface area contributed by atoms with Gasteiger partial charge in [-0.05, 0) is 19.3 Å². The summed E-state index contributed by atoms with van der Waals surface area (Å²) in [5, 5.41) is 3.00. The molecule has 1 aliphatic heterocycles. The van der Waals surface area contributed by atoms with Crippen molar-refractivity contribution in [1.82, 2.24) is 14.8 Å². The van der Waals surface area contributed by atoms with Gasteiger partial charge in [0.1, 0.15) is 5.01 Å². The quantitative estimate of drug-likeness (QED) is 0.813. The van der Waals surface area contributed by atoms with Crippen molar-refractivity contribution in [2.75, 3.05) is 13.6 Å². The molecule has 2 aliphatic rings. The van der Waals surface area contributed by atoms with Crippen LogP contribution in [0.5, 0.6) is 0 Å². The first-order valence-electron chi connectivity index (χ1n) is 9.16. The molecule has 2 heterocycles. The lowest BCUT2D eigenvalue weighted by atomic mass is 9.96. The van der Waals surface area contributed by atoms with Gasteiger partial charge in [0.2, 0.25) is 11.8 Å². The number of hydrogen-bond acceptors (Lipinski definition) is 4. The fraction of sp³-hybridized carbons (Fsp3) is 0.450. The normalized spacial score (nSPS) is 20.3. The Kier molecular flexibility index (Phi) is 4.76. The minimum atomic E-state index is -0.0782. The van der Waals surface area contributed by atoms with Gasteiger partial charge in [-0.15, -0.1) is 11.3 Å². The molecule has 2 fully saturated rings. The van der Waals surface area contributed by atoms with E-state index in [2.05, 4.69) is 4.98 Å². The van der Waals surface area contributed by atoms with Crippen LogP contribution in [-0.2, 0) is 16.1 Å². The van der Waals surface area contributed by atoms with Crippen molar-refractivity contribution in [3.05, 3.63) is 41.4 Å². The van der Waals surface area contributed by atoms with E-state index >= 15 is 0 Å². The Morgan fingerprint density at radius 3 is 2.77 bits per heavy atom. The summed E-state index contributed by atoms with van der Waals surface area (Å²) in [7, 11) is 1.84. The second-order valence-corrected chi connectivity index (χ2v) is 8.08. The number of aromatic nitrogens is 1. The molecule has 0 unspecified atom stereocenters. The molecule has 6 heteroatoms. The smallest absolute Gasteiger partial charge is 0.227 e. The first-order valence-corrected chi connectivity index (χ1v) is 10.0. The summed E-state index contributed by atoms with van der Waals surface area (Å²) in [6.45, 7) is 1.09. The molecule has 1 saturated heterocycles. The summed E-state index contributed by atoms with van der Waals surface area (Å²) in [6.07, 6.45) is 3.33. The monoisotopic (exact) mass is 369 g/mol. The fourth-order valence-corrected chi connectivity index (χ4v) is 4.35. The molecule has 0 spiro atoms. The summed E-state index contributed by atoms with van der Waals surface area (Å²) >= 11 is 1.60. The van der Waals surface area contributed by atoms with Gasteiger partial charge in [0, 0.05) is 37.0 Å². The molecule has 1 aliphatic carbocycles. The van der Waals surface area contributed by atoms with E-state index in [1.807, 2.05) is 47.7 Å². The molecule has 1 saturated carbocycles. The van der Waals surface area contributed by atoms with Gasteiger partial charge in [0.25, 0.3) is 0 Å². The Bertz CT molecular complexity index is 800. The predicted octanol–water partition coefficient (Wildman–Crippen LogP) is 3.17. The van der Waals surface area contributed by atoms with Crippen LogP contribution >= 0.6 is 11.3 Å². The van der Waals surface area contributed by atoms with Crippen molar-refractivity contribution in [3.8, 4) is 10.6 Å². The number of likely N-dealkylation sites (tertiary alicyclic amines) is 1.